The van der Waals surface area contributed by atoms with Gasteiger partial charge in [-0.25, -0.2) is 8.78 Å². The summed E-state index contributed by atoms with van der Waals surface area (Å²) in [6.07, 6.45) is 1.41. The van der Waals surface area contributed by atoms with E-state index in [1.165, 1.54) is 19.3 Å². The molecule has 14 heavy (non-hydrogen) atoms. The molecular formula is C10H19F2NO. The fourth-order valence-corrected chi connectivity index (χ4v) is 1.94. The summed E-state index contributed by atoms with van der Waals surface area (Å²) in [6.45, 7) is 2.85. The van der Waals surface area contributed by atoms with Gasteiger partial charge in [-0.1, -0.05) is 13.3 Å². The molecule has 1 fully saturated rings. The Balaban J connectivity index is 1.93. The summed E-state index contributed by atoms with van der Waals surface area (Å²) < 4.78 is 28.1. The third-order valence-corrected chi connectivity index (χ3v) is 2.76. The van der Waals surface area contributed by atoms with Crippen LogP contribution < -0.4 is 5.32 Å². The molecule has 1 aliphatic carbocycles. The molecule has 0 bridgehead atoms. The van der Waals surface area contributed by atoms with Crippen LogP contribution >= 0.6 is 0 Å². The van der Waals surface area contributed by atoms with Gasteiger partial charge in [-0.05, 0) is 18.8 Å². The Morgan fingerprint density at radius 3 is 2.79 bits per heavy atom. The predicted molar refractivity (Wildman–Crippen MR) is 51.6 cm³/mol. The lowest BCUT2D eigenvalue weighted by Crippen LogP contribution is -2.33. The summed E-state index contributed by atoms with van der Waals surface area (Å²) in [7, 11) is 0. The van der Waals surface area contributed by atoms with Crippen molar-refractivity contribution < 1.29 is 13.5 Å². The van der Waals surface area contributed by atoms with Crippen molar-refractivity contribution in [1.29, 1.82) is 0 Å². The number of hydrogen-bond acceptors (Lipinski definition) is 2. The molecule has 84 valence electrons. The highest BCUT2D eigenvalue weighted by atomic mass is 19.3. The minimum Gasteiger partial charge on any atom is -0.374 e. The largest absolute Gasteiger partial charge is 0.374 e. The van der Waals surface area contributed by atoms with Crippen LogP contribution in [-0.4, -0.2) is 32.2 Å². The fraction of sp³-hybridized carbons (Fsp3) is 1.00. The first-order chi connectivity index (χ1) is 6.70. The molecule has 0 heterocycles. The van der Waals surface area contributed by atoms with Crippen LogP contribution in [-0.2, 0) is 4.74 Å². The number of rotatable bonds is 6. The summed E-state index contributed by atoms with van der Waals surface area (Å²) >= 11 is 0. The Morgan fingerprint density at radius 1 is 1.43 bits per heavy atom. The summed E-state index contributed by atoms with van der Waals surface area (Å²) in [5.41, 5.74) is 0. The van der Waals surface area contributed by atoms with Crippen LogP contribution in [0.5, 0.6) is 0 Å². The molecule has 0 aromatic heterocycles. The summed E-state index contributed by atoms with van der Waals surface area (Å²) in [5, 5.41) is 3.34. The first kappa shape index (κ1) is 11.9. The molecule has 0 spiro atoms. The molecule has 0 aromatic rings. The first-order valence-corrected chi connectivity index (χ1v) is 5.29. The van der Waals surface area contributed by atoms with Crippen molar-refractivity contribution in [1.82, 2.24) is 5.32 Å². The van der Waals surface area contributed by atoms with E-state index in [1.807, 2.05) is 0 Å². The number of halogens is 2. The fourth-order valence-electron chi connectivity index (χ4n) is 1.94. The van der Waals surface area contributed by atoms with Crippen molar-refractivity contribution >= 4 is 0 Å². The standard InChI is InChI=1S/C10H19F2NO/c1-8-3-2-4-9(8)13-5-6-14-7-10(11)12/h8-10,13H,2-7H2,1H3. The smallest absolute Gasteiger partial charge is 0.261 e. The second-order valence-corrected chi connectivity index (χ2v) is 3.93. The predicted octanol–water partition coefficient (Wildman–Crippen LogP) is 2.05. The zero-order chi connectivity index (χ0) is 10.4. The first-order valence-electron chi connectivity index (χ1n) is 5.29. The quantitative estimate of drug-likeness (QED) is 0.673. The van der Waals surface area contributed by atoms with Crippen LogP contribution in [0.2, 0.25) is 0 Å². The Hall–Kier alpha value is -0.220. The van der Waals surface area contributed by atoms with E-state index < -0.39 is 13.0 Å². The molecule has 2 unspecified atom stereocenters. The van der Waals surface area contributed by atoms with Gasteiger partial charge in [0.05, 0.1) is 6.61 Å². The monoisotopic (exact) mass is 207 g/mol. The number of nitrogens with one attached hydrogen (secondary N) is 1. The van der Waals surface area contributed by atoms with Crippen LogP contribution in [0.1, 0.15) is 26.2 Å². The molecule has 0 aliphatic heterocycles. The SMILES string of the molecule is CC1CCCC1NCCOCC(F)F. The molecule has 1 aliphatic rings. The van der Waals surface area contributed by atoms with E-state index in [9.17, 15) is 8.78 Å². The molecule has 2 nitrogen and oxygen atoms in total. The molecule has 0 saturated heterocycles. The van der Waals surface area contributed by atoms with Crippen LogP contribution in [0.15, 0.2) is 0 Å². The maximum absolute atomic E-state index is 11.7. The third kappa shape index (κ3) is 4.33. The third-order valence-electron chi connectivity index (χ3n) is 2.76. The second kappa shape index (κ2) is 6.30. The van der Waals surface area contributed by atoms with Crippen LogP contribution in [0, 0.1) is 5.92 Å². The molecule has 0 amide bonds. The van der Waals surface area contributed by atoms with E-state index in [4.69, 9.17) is 4.74 Å². The van der Waals surface area contributed by atoms with E-state index in [2.05, 4.69) is 12.2 Å². The number of alkyl halides is 2. The van der Waals surface area contributed by atoms with E-state index in [1.54, 1.807) is 0 Å². The zero-order valence-corrected chi connectivity index (χ0v) is 8.64. The van der Waals surface area contributed by atoms with Crippen LogP contribution in [0.25, 0.3) is 0 Å². The lowest BCUT2D eigenvalue weighted by Gasteiger charge is -2.16. The van der Waals surface area contributed by atoms with Gasteiger partial charge in [-0.2, -0.15) is 0 Å². The van der Waals surface area contributed by atoms with Gasteiger partial charge in [-0.15, -0.1) is 0 Å². The van der Waals surface area contributed by atoms with Gasteiger partial charge >= 0.3 is 0 Å². The minimum absolute atomic E-state index is 0.382. The Kier molecular flexibility index (Phi) is 5.33. The minimum atomic E-state index is -2.35. The molecular weight excluding hydrogens is 188 g/mol. The Morgan fingerprint density at radius 2 is 2.21 bits per heavy atom. The van der Waals surface area contributed by atoms with Gasteiger partial charge in [0.25, 0.3) is 6.43 Å². The molecule has 1 rings (SSSR count). The zero-order valence-electron chi connectivity index (χ0n) is 8.64. The maximum Gasteiger partial charge on any atom is 0.261 e. The van der Waals surface area contributed by atoms with Crippen molar-refractivity contribution in [2.75, 3.05) is 19.8 Å². The summed E-state index contributed by atoms with van der Waals surface area (Å²) in [5.74, 6) is 0.713. The van der Waals surface area contributed by atoms with Gasteiger partial charge in [0.15, 0.2) is 0 Å². The Labute approximate surface area is 84.0 Å². The molecule has 1 saturated carbocycles. The van der Waals surface area contributed by atoms with Gasteiger partial charge in [-0.3, -0.25) is 0 Å². The molecule has 2 atom stereocenters. The highest BCUT2D eigenvalue weighted by molar-refractivity contribution is 4.79. The summed E-state index contributed by atoms with van der Waals surface area (Å²) in [4.78, 5) is 0. The van der Waals surface area contributed by atoms with E-state index in [-0.39, 0.29) is 0 Å². The average Bonchev–Trinajstić information content (AvgIpc) is 2.51. The van der Waals surface area contributed by atoms with Crippen molar-refractivity contribution in [2.24, 2.45) is 5.92 Å². The molecule has 1 N–H and O–H groups in total. The lowest BCUT2D eigenvalue weighted by atomic mass is 10.1. The van der Waals surface area contributed by atoms with E-state index in [0.29, 0.717) is 25.1 Å². The Bertz CT molecular complexity index is 155. The van der Waals surface area contributed by atoms with Crippen LogP contribution in [0.4, 0.5) is 8.78 Å². The molecule has 0 radical (unpaired) electrons. The molecule has 4 heteroatoms. The van der Waals surface area contributed by atoms with Gasteiger partial charge in [0.1, 0.15) is 6.61 Å². The van der Waals surface area contributed by atoms with Crippen molar-refractivity contribution in [2.45, 2.75) is 38.7 Å². The number of hydrogen-bond donors (Lipinski definition) is 1. The normalized spacial score (nSPS) is 27.4. The van der Waals surface area contributed by atoms with E-state index >= 15 is 0 Å². The van der Waals surface area contributed by atoms with E-state index in [0.717, 1.165) is 0 Å². The van der Waals surface area contributed by atoms with Crippen molar-refractivity contribution in [3.05, 3.63) is 0 Å². The topological polar surface area (TPSA) is 21.3 Å². The maximum atomic E-state index is 11.7. The number of ether oxygens (including phenoxy) is 1. The van der Waals surface area contributed by atoms with Gasteiger partial charge in [0, 0.05) is 12.6 Å². The van der Waals surface area contributed by atoms with Crippen molar-refractivity contribution in [3.8, 4) is 0 Å². The second-order valence-electron chi connectivity index (χ2n) is 3.93. The van der Waals surface area contributed by atoms with Gasteiger partial charge in [0.2, 0.25) is 0 Å². The van der Waals surface area contributed by atoms with Gasteiger partial charge < -0.3 is 10.1 Å². The average molecular weight is 207 g/mol. The molecule has 0 aromatic carbocycles. The van der Waals surface area contributed by atoms with Crippen LogP contribution in [0.3, 0.4) is 0 Å². The lowest BCUT2D eigenvalue weighted by molar-refractivity contribution is 0.0180. The summed E-state index contributed by atoms with van der Waals surface area (Å²) in [6, 6.07) is 0.560. The highest BCUT2D eigenvalue weighted by Crippen LogP contribution is 2.24. The highest BCUT2D eigenvalue weighted by Gasteiger charge is 2.22. The van der Waals surface area contributed by atoms with Crippen molar-refractivity contribution in [3.63, 3.8) is 0 Å².